The molecule has 0 aliphatic rings. The molecule has 3 rings (SSSR count). The average molecular weight is 472 g/mol. The monoisotopic (exact) mass is 469 g/mol. The fourth-order valence-electron chi connectivity index (χ4n) is 2.87. The van der Waals surface area contributed by atoms with Crippen LogP contribution in [-0.2, 0) is 5.33 Å². The van der Waals surface area contributed by atoms with Crippen LogP contribution in [0.25, 0.3) is 22.0 Å². The molecule has 0 saturated heterocycles. The molecule has 0 atom stereocenters. The van der Waals surface area contributed by atoms with Crippen LogP contribution in [0.1, 0.15) is 30.9 Å². The quantitative estimate of drug-likeness (QED) is 0.285. The lowest BCUT2D eigenvalue weighted by molar-refractivity contribution is 0.628. The van der Waals surface area contributed by atoms with Crippen LogP contribution in [0.4, 0.5) is 4.39 Å². The fourth-order valence-corrected chi connectivity index (χ4v) is 4.59. The third-order valence-electron chi connectivity index (χ3n) is 4.00. The molecule has 24 heavy (non-hydrogen) atoms. The van der Waals surface area contributed by atoms with Crippen molar-refractivity contribution in [1.82, 2.24) is 4.98 Å². The molecule has 124 valence electrons. The fraction of sp³-hybridized carbons (Fsp3) is 0.211. The minimum atomic E-state index is -0.252. The number of halogens is 4. The number of alkyl halides is 1. The molecule has 0 spiro atoms. The summed E-state index contributed by atoms with van der Waals surface area (Å²) >= 11 is 13.6. The lowest BCUT2D eigenvalue weighted by Crippen LogP contribution is -1.99. The maximum Gasteiger partial charge on any atom is 0.133 e. The molecule has 0 fully saturated rings. The first-order chi connectivity index (χ1) is 11.4. The summed E-state index contributed by atoms with van der Waals surface area (Å²) in [7, 11) is 0. The van der Waals surface area contributed by atoms with Crippen LogP contribution < -0.4 is 0 Å². The van der Waals surface area contributed by atoms with Crippen LogP contribution in [0.3, 0.4) is 0 Å². The molecule has 0 bridgehead atoms. The van der Waals surface area contributed by atoms with E-state index in [1.54, 1.807) is 12.1 Å². The topological polar surface area (TPSA) is 12.9 Å². The zero-order valence-electron chi connectivity index (χ0n) is 13.2. The number of aromatic nitrogens is 1. The molecule has 0 radical (unpaired) electrons. The number of rotatable bonds is 3. The van der Waals surface area contributed by atoms with Gasteiger partial charge in [0.25, 0.3) is 0 Å². The highest BCUT2D eigenvalue weighted by Gasteiger charge is 2.19. The van der Waals surface area contributed by atoms with Crippen molar-refractivity contribution in [3.63, 3.8) is 0 Å². The molecule has 1 aromatic heterocycles. The van der Waals surface area contributed by atoms with E-state index < -0.39 is 0 Å². The molecule has 3 aromatic rings. The molecule has 5 heteroatoms. The van der Waals surface area contributed by atoms with Gasteiger partial charge in [-0.2, -0.15) is 0 Å². The summed E-state index contributed by atoms with van der Waals surface area (Å²) in [4.78, 5) is 4.58. The van der Waals surface area contributed by atoms with Crippen LogP contribution in [0.2, 0.25) is 5.15 Å². The Balaban J connectivity index is 2.45. The molecule has 1 heterocycles. The third-order valence-corrected chi connectivity index (χ3v) is 5.63. The Labute approximate surface area is 162 Å². The Morgan fingerprint density at radius 2 is 1.83 bits per heavy atom. The van der Waals surface area contributed by atoms with E-state index in [0.717, 1.165) is 43.0 Å². The van der Waals surface area contributed by atoms with Crippen molar-refractivity contribution in [3.8, 4) is 11.1 Å². The first-order valence-electron chi connectivity index (χ1n) is 7.55. The van der Waals surface area contributed by atoms with E-state index in [4.69, 9.17) is 11.6 Å². The van der Waals surface area contributed by atoms with Gasteiger partial charge in [0.2, 0.25) is 0 Å². The predicted molar refractivity (Wildman–Crippen MR) is 107 cm³/mol. The minimum Gasteiger partial charge on any atom is -0.236 e. The van der Waals surface area contributed by atoms with Gasteiger partial charge in [-0.15, -0.1) is 0 Å². The summed E-state index contributed by atoms with van der Waals surface area (Å²) in [5, 5.41) is 2.24. The van der Waals surface area contributed by atoms with Crippen molar-refractivity contribution < 1.29 is 4.39 Å². The van der Waals surface area contributed by atoms with E-state index in [1.165, 1.54) is 12.1 Å². The van der Waals surface area contributed by atoms with Crippen molar-refractivity contribution in [1.29, 1.82) is 0 Å². The van der Waals surface area contributed by atoms with E-state index in [0.29, 0.717) is 5.15 Å². The van der Waals surface area contributed by atoms with Gasteiger partial charge >= 0.3 is 0 Å². The van der Waals surface area contributed by atoms with Crippen molar-refractivity contribution in [2.24, 2.45) is 0 Å². The van der Waals surface area contributed by atoms with E-state index in [9.17, 15) is 4.39 Å². The lowest BCUT2D eigenvalue weighted by Gasteiger charge is -2.18. The summed E-state index contributed by atoms with van der Waals surface area (Å²) in [5.41, 5.74) is 4.90. The van der Waals surface area contributed by atoms with Gasteiger partial charge in [-0.3, -0.25) is 0 Å². The summed E-state index contributed by atoms with van der Waals surface area (Å²) in [6.45, 7) is 4.18. The minimum absolute atomic E-state index is 0.200. The van der Waals surface area contributed by atoms with E-state index in [1.807, 2.05) is 6.07 Å². The van der Waals surface area contributed by atoms with Crippen LogP contribution >= 0.6 is 43.5 Å². The molecular formula is C19H15Br2ClFN. The zero-order chi connectivity index (χ0) is 17.4. The Hall–Kier alpha value is -0.970. The Morgan fingerprint density at radius 3 is 2.42 bits per heavy atom. The number of pyridine rings is 1. The van der Waals surface area contributed by atoms with Gasteiger partial charge in [0, 0.05) is 20.8 Å². The normalized spacial score (nSPS) is 11.5. The second-order valence-corrected chi connectivity index (χ2v) is 7.72. The van der Waals surface area contributed by atoms with Gasteiger partial charge in [-0.1, -0.05) is 69.4 Å². The van der Waals surface area contributed by atoms with Gasteiger partial charge < -0.3 is 0 Å². The second-order valence-electron chi connectivity index (χ2n) is 5.95. The number of hydrogen-bond acceptors (Lipinski definition) is 1. The van der Waals surface area contributed by atoms with Gasteiger partial charge in [0.1, 0.15) is 11.0 Å². The second kappa shape index (κ2) is 7.11. The standard InChI is InChI=1S/C19H15Br2ClFN/c1-10(2)17-18(11-3-5-13(23)6-4-11)14-7-12(9-20)15(21)8-16(14)24-19(17)22/h3-8,10H,9H2,1-2H3. The van der Waals surface area contributed by atoms with E-state index >= 15 is 0 Å². The Bertz CT molecular complexity index is 908. The van der Waals surface area contributed by atoms with Crippen LogP contribution in [0.5, 0.6) is 0 Å². The first kappa shape index (κ1) is 17.8. The van der Waals surface area contributed by atoms with Gasteiger partial charge in [-0.05, 0) is 46.9 Å². The van der Waals surface area contributed by atoms with Crippen LogP contribution in [-0.4, -0.2) is 4.98 Å². The number of fused-ring (bicyclic) bond motifs is 1. The maximum absolute atomic E-state index is 13.4. The van der Waals surface area contributed by atoms with Crippen LogP contribution in [0.15, 0.2) is 40.9 Å². The van der Waals surface area contributed by atoms with E-state index in [2.05, 4.69) is 56.8 Å². The van der Waals surface area contributed by atoms with Crippen molar-refractivity contribution >= 4 is 54.4 Å². The molecule has 0 aliphatic heterocycles. The molecule has 0 amide bonds. The summed E-state index contributed by atoms with van der Waals surface area (Å²) < 4.78 is 14.4. The van der Waals surface area contributed by atoms with Crippen LogP contribution in [0, 0.1) is 5.82 Å². The third kappa shape index (κ3) is 3.24. The van der Waals surface area contributed by atoms with Crippen molar-refractivity contribution in [3.05, 3.63) is 63.0 Å². The largest absolute Gasteiger partial charge is 0.236 e. The number of nitrogens with zero attached hydrogens (tertiary/aromatic N) is 1. The summed E-state index contributed by atoms with van der Waals surface area (Å²) in [6, 6.07) is 10.6. The predicted octanol–water partition coefficient (Wildman–Crippen LogP) is 7.48. The van der Waals surface area contributed by atoms with Crippen molar-refractivity contribution in [2.75, 3.05) is 0 Å². The smallest absolute Gasteiger partial charge is 0.133 e. The SMILES string of the molecule is CC(C)c1c(Cl)nc2cc(Br)c(CBr)cc2c1-c1ccc(F)cc1. The number of hydrogen-bond donors (Lipinski definition) is 0. The lowest BCUT2D eigenvalue weighted by atomic mass is 9.90. The van der Waals surface area contributed by atoms with Crippen molar-refractivity contribution in [2.45, 2.75) is 25.1 Å². The highest BCUT2D eigenvalue weighted by atomic mass is 79.9. The molecule has 2 aromatic carbocycles. The Kier molecular flexibility index (Phi) is 5.28. The highest BCUT2D eigenvalue weighted by molar-refractivity contribution is 9.10. The van der Waals surface area contributed by atoms with Gasteiger partial charge in [-0.25, -0.2) is 9.37 Å². The van der Waals surface area contributed by atoms with E-state index in [-0.39, 0.29) is 11.7 Å². The highest BCUT2D eigenvalue weighted by Crippen LogP contribution is 2.40. The van der Waals surface area contributed by atoms with Gasteiger partial charge in [0.05, 0.1) is 5.52 Å². The molecule has 0 aliphatic carbocycles. The zero-order valence-corrected chi connectivity index (χ0v) is 17.1. The molecular weight excluding hydrogens is 456 g/mol. The van der Waals surface area contributed by atoms with Gasteiger partial charge in [0.15, 0.2) is 0 Å². The Morgan fingerprint density at radius 1 is 1.17 bits per heavy atom. The maximum atomic E-state index is 13.4. The molecule has 0 unspecified atom stereocenters. The summed E-state index contributed by atoms with van der Waals surface area (Å²) in [6.07, 6.45) is 0. The molecule has 0 saturated carbocycles. The average Bonchev–Trinajstić information content (AvgIpc) is 2.53. The molecule has 0 N–H and O–H groups in total. The first-order valence-corrected chi connectivity index (χ1v) is 9.85. The number of benzene rings is 2. The molecule has 1 nitrogen and oxygen atoms in total. The summed E-state index contributed by atoms with van der Waals surface area (Å²) in [5.74, 6) is -0.0521.